The number of hydrogen-bond donors (Lipinski definition) is 0. The summed E-state index contributed by atoms with van der Waals surface area (Å²) in [7, 11) is 0. The summed E-state index contributed by atoms with van der Waals surface area (Å²) in [5.41, 5.74) is 1.92. The van der Waals surface area contributed by atoms with Crippen molar-refractivity contribution in [3.05, 3.63) is 69.4 Å². The van der Waals surface area contributed by atoms with Gasteiger partial charge in [-0.1, -0.05) is 52.0 Å². The normalized spacial score (nSPS) is 19.6. The summed E-state index contributed by atoms with van der Waals surface area (Å²) in [6.07, 6.45) is 5.91. The molecule has 0 spiro atoms. The van der Waals surface area contributed by atoms with Gasteiger partial charge in [0.25, 0.3) is 5.91 Å². The molecule has 3 aromatic rings. The highest BCUT2D eigenvalue weighted by atomic mass is 79.9. The van der Waals surface area contributed by atoms with Gasteiger partial charge in [0.1, 0.15) is 10.9 Å². The highest BCUT2D eigenvalue weighted by molar-refractivity contribution is 9.10. The van der Waals surface area contributed by atoms with Crippen LogP contribution in [0.15, 0.2) is 58.0 Å². The average molecular weight is 561 g/mol. The molecule has 2 saturated heterocycles. The topological polar surface area (TPSA) is 43.7 Å². The average Bonchev–Trinajstić information content (AvgIpc) is 3.51. The first-order valence-electron chi connectivity index (χ1n) is 11.0. The second kappa shape index (κ2) is 10.2. The lowest BCUT2D eigenvalue weighted by atomic mass is 10.1. The smallest absolute Gasteiger partial charge is 0.266 e. The monoisotopic (exact) mass is 560 g/mol. The first kappa shape index (κ1) is 23.5. The molecule has 0 N–H and O–H groups in total. The maximum Gasteiger partial charge on any atom is 0.266 e. The summed E-state index contributed by atoms with van der Waals surface area (Å²) in [6, 6.07) is 12.4. The van der Waals surface area contributed by atoms with Gasteiger partial charge in [0.15, 0.2) is 11.6 Å². The third kappa shape index (κ3) is 4.93. The van der Waals surface area contributed by atoms with Crippen molar-refractivity contribution in [1.29, 1.82) is 0 Å². The van der Waals surface area contributed by atoms with Crippen molar-refractivity contribution in [3.8, 4) is 5.75 Å². The maximum absolute atomic E-state index is 13.9. The fourth-order valence-electron chi connectivity index (χ4n) is 4.20. The largest absolute Gasteiger partial charge is 0.489 e. The number of halogens is 2. The number of fused-ring (bicyclic) bond motifs is 1. The van der Waals surface area contributed by atoms with Gasteiger partial charge in [-0.05, 0) is 49.2 Å². The second-order valence-corrected chi connectivity index (χ2v) is 10.7. The van der Waals surface area contributed by atoms with E-state index in [1.165, 1.54) is 17.8 Å². The molecular weight excluding hydrogens is 539 g/mol. The van der Waals surface area contributed by atoms with Crippen LogP contribution in [0.25, 0.3) is 17.0 Å². The lowest BCUT2D eigenvalue weighted by Gasteiger charge is -2.18. The molecule has 2 aromatic carbocycles. The van der Waals surface area contributed by atoms with E-state index in [0.29, 0.717) is 28.9 Å². The van der Waals surface area contributed by atoms with Crippen LogP contribution >= 0.6 is 39.9 Å². The number of ether oxygens (including phenoxy) is 2. The number of carbonyl (C=O) groups is 1. The van der Waals surface area contributed by atoms with Gasteiger partial charge in [0.2, 0.25) is 0 Å². The molecule has 176 valence electrons. The van der Waals surface area contributed by atoms with E-state index in [-0.39, 0.29) is 23.6 Å². The Bertz CT molecular complexity index is 1290. The molecule has 34 heavy (non-hydrogen) atoms. The van der Waals surface area contributed by atoms with Crippen molar-refractivity contribution in [2.45, 2.75) is 25.5 Å². The van der Waals surface area contributed by atoms with Gasteiger partial charge in [-0.25, -0.2) is 4.39 Å². The van der Waals surface area contributed by atoms with Gasteiger partial charge in [-0.15, -0.1) is 0 Å². The van der Waals surface area contributed by atoms with Crippen molar-refractivity contribution in [1.82, 2.24) is 9.47 Å². The van der Waals surface area contributed by atoms with Crippen LogP contribution in [-0.2, 0) is 16.1 Å². The second-order valence-electron chi connectivity index (χ2n) is 8.15. The molecule has 5 rings (SSSR count). The number of nitrogens with zero attached hydrogens (tertiary/aromatic N) is 2. The fourth-order valence-corrected chi connectivity index (χ4v) is 5.83. The summed E-state index contributed by atoms with van der Waals surface area (Å²) in [4.78, 5) is 15.4. The van der Waals surface area contributed by atoms with E-state index in [0.717, 1.165) is 40.4 Å². The molecule has 1 atom stereocenters. The molecule has 2 aliphatic heterocycles. The summed E-state index contributed by atoms with van der Waals surface area (Å²) in [5, 5.41) is 1.00. The third-order valence-corrected chi connectivity index (χ3v) is 7.74. The molecule has 2 aliphatic rings. The number of thiocarbonyl (C=S) groups is 1. The molecule has 0 aliphatic carbocycles. The number of aromatic nitrogens is 1. The van der Waals surface area contributed by atoms with Crippen LogP contribution in [0.1, 0.15) is 18.4 Å². The number of para-hydroxylation sites is 1. The van der Waals surface area contributed by atoms with E-state index in [9.17, 15) is 9.18 Å². The molecule has 0 radical (unpaired) electrons. The molecular formula is C25H22BrFN2O3S2. The minimum absolute atomic E-state index is 0.0502. The predicted octanol–water partition coefficient (Wildman–Crippen LogP) is 6.00. The molecule has 9 heteroatoms. The van der Waals surface area contributed by atoms with Crippen molar-refractivity contribution in [2.75, 3.05) is 19.8 Å². The van der Waals surface area contributed by atoms with Crippen molar-refractivity contribution in [3.63, 3.8) is 0 Å². The van der Waals surface area contributed by atoms with Gasteiger partial charge in [-0.2, -0.15) is 0 Å². The van der Waals surface area contributed by atoms with Crippen LogP contribution in [0, 0.1) is 5.82 Å². The Labute approximate surface area is 215 Å². The lowest BCUT2D eigenvalue weighted by Crippen LogP contribution is -2.35. The molecule has 0 unspecified atom stereocenters. The number of hydrogen-bond acceptors (Lipinski definition) is 5. The zero-order valence-electron chi connectivity index (χ0n) is 18.2. The summed E-state index contributed by atoms with van der Waals surface area (Å²) in [6.45, 7) is 2.08. The molecule has 5 nitrogen and oxygen atoms in total. The van der Waals surface area contributed by atoms with Gasteiger partial charge >= 0.3 is 0 Å². The Balaban J connectivity index is 1.38. The first-order valence-corrected chi connectivity index (χ1v) is 13.0. The maximum atomic E-state index is 13.9. The summed E-state index contributed by atoms with van der Waals surface area (Å²) < 4.78 is 28.8. The Morgan fingerprint density at radius 3 is 2.94 bits per heavy atom. The van der Waals surface area contributed by atoms with E-state index in [1.54, 1.807) is 23.1 Å². The zero-order chi connectivity index (χ0) is 23.7. The van der Waals surface area contributed by atoms with Gasteiger partial charge in [-0.3, -0.25) is 9.69 Å². The highest BCUT2D eigenvalue weighted by Gasteiger charge is 2.34. The Kier molecular flexibility index (Phi) is 7.06. The number of thioether (sulfide) groups is 1. The minimum atomic E-state index is -0.380. The Morgan fingerprint density at radius 1 is 1.29 bits per heavy atom. The van der Waals surface area contributed by atoms with Crippen LogP contribution in [0.5, 0.6) is 5.75 Å². The predicted molar refractivity (Wildman–Crippen MR) is 140 cm³/mol. The van der Waals surface area contributed by atoms with E-state index < -0.39 is 0 Å². The SMILES string of the molecule is O=C1/C(=C/c2cn(CCOc3ccccc3F)c3ccc(Br)cc23)SC(=S)N1C[C@H]1CCCO1. The first-order chi connectivity index (χ1) is 16.5. The van der Waals surface area contributed by atoms with Crippen LogP contribution in [0.3, 0.4) is 0 Å². The summed E-state index contributed by atoms with van der Waals surface area (Å²) in [5.74, 6) is -0.226. The van der Waals surface area contributed by atoms with E-state index in [1.807, 2.05) is 30.5 Å². The van der Waals surface area contributed by atoms with Gasteiger partial charge in [0.05, 0.1) is 24.1 Å². The van der Waals surface area contributed by atoms with Crippen LogP contribution < -0.4 is 4.74 Å². The molecule has 0 bridgehead atoms. The quantitative estimate of drug-likeness (QED) is 0.262. The third-order valence-electron chi connectivity index (χ3n) is 5.87. The van der Waals surface area contributed by atoms with E-state index >= 15 is 0 Å². The Hall–Kier alpha value is -2.20. The molecule has 1 aromatic heterocycles. The van der Waals surface area contributed by atoms with E-state index in [4.69, 9.17) is 21.7 Å². The van der Waals surface area contributed by atoms with Crippen LogP contribution in [-0.4, -0.2) is 45.6 Å². The molecule has 0 saturated carbocycles. The number of benzene rings is 2. The number of carbonyl (C=O) groups excluding carboxylic acids is 1. The van der Waals surface area contributed by atoms with Crippen LogP contribution in [0.2, 0.25) is 0 Å². The van der Waals surface area contributed by atoms with Crippen molar-refractivity contribution >= 4 is 67.1 Å². The number of rotatable bonds is 7. The van der Waals surface area contributed by atoms with Crippen molar-refractivity contribution < 1.29 is 18.7 Å². The van der Waals surface area contributed by atoms with Gasteiger partial charge < -0.3 is 14.0 Å². The zero-order valence-corrected chi connectivity index (χ0v) is 21.4. The molecule has 1 amide bonds. The number of amides is 1. The molecule has 2 fully saturated rings. The standard InChI is InChI=1S/C25H22BrFN2O3S2/c26-17-7-8-21-19(13-17)16(14-28(21)9-11-32-22-6-2-1-5-20(22)27)12-23-24(30)29(25(33)34-23)15-18-4-3-10-31-18/h1-2,5-8,12-14,18H,3-4,9-11,15H2/b23-12-/t18-/m1/s1. The van der Waals surface area contributed by atoms with Gasteiger partial charge in [0, 0.05) is 33.7 Å². The summed E-state index contributed by atoms with van der Waals surface area (Å²) >= 11 is 10.4. The molecule has 3 heterocycles. The highest BCUT2D eigenvalue weighted by Crippen LogP contribution is 2.35. The lowest BCUT2D eigenvalue weighted by molar-refractivity contribution is -0.123. The van der Waals surface area contributed by atoms with Crippen LogP contribution in [0.4, 0.5) is 4.39 Å². The minimum Gasteiger partial charge on any atom is -0.489 e. The van der Waals surface area contributed by atoms with Crippen molar-refractivity contribution in [2.24, 2.45) is 0 Å². The van der Waals surface area contributed by atoms with E-state index in [2.05, 4.69) is 20.5 Å². The fraction of sp³-hybridized carbons (Fsp3) is 0.280. The Morgan fingerprint density at radius 2 is 2.15 bits per heavy atom.